The second-order valence-electron chi connectivity index (χ2n) is 5.74. The molecule has 0 heterocycles. The van der Waals surface area contributed by atoms with E-state index in [0.717, 1.165) is 38.0 Å². The van der Waals surface area contributed by atoms with Crippen LogP contribution in [0.15, 0.2) is 18.2 Å². The van der Waals surface area contributed by atoms with Gasteiger partial charge in [-0.15, -0.1) is 0 Å². The highest BCUT2D eigenvalue weighted by Gasteiger charge is 2.28. The van der Waals surface area contributed by atoms with Crippen LogP contribution in [0.3, 0.4) is 0 Å². The molecule has 0 aliphatic heterocycles. The lowest BCUT2D eigenvalue weighted by atomic mass is 10.1. The van der Waals surface area contributed by atoms with Crippen LogP contribution in [0.5, 0.6) is 0 Å². The third kappa shape index (κ3) is 4.43. The fraction of sp³-hybridized carbons (Fsp3) is 0.625. The Hall–Kier alpha value is -1.62. The van der Waals surface area contributed by atoms with Gasteiger partial charge in [0.2, 0.25) is 0 Å². The SMILES string of the molecule is CCCNc1ccc(CN(CCC)C2CC2)cc1[N+](=O)[O-]. The van der Waals surface area contributed by atoms with Crippen LogP contribution >= 0.6 is 0 Å². The molecule has 1 fully saturated rings. The molecule has 0 radical (unpaired) electrons. The number of nitrogens with one attached hydrogen (secondary N) is 1. The summed E-state index contributed by atoms with van der Waals surface area (Å²) in [4.78, 5) is 13.4. The Morgan fingerprint density at radius 1 is 1.33 bits per heavy atom. The summed E-state index contributed by atoms with van der Waals surface area (Å²) in [5.41, 5.74) is 1.84. The van der Waals surface area contributed by atoms with E-state index in [1.807, 2.05) is 19.1 Å². The van der Waals surface area contributed by atoms with E-state index in [-0.39, 0.29) is 10.6 Å². The lowest BCUT2D eigenvalue weighted by molar-refractivity contribution is -0.384. The van der Waals surface area contributed by atoms with Gasteiger partial charge in [0.1, 0.15) is 5.69 Å². The molecular weight excluding hydrogens is 266 g/mol. The average Bonchev–Trinajstić information content (AvgIpc) is 3.29. The minimum absolute atomic E-state index is 0.188. The fourth-order valence-electron chi connectivity index (χ4n) is 2.59. The molecule has 5 nitrogen and oxygen atoms in total. The summed E-state index contributed by atoms with van der Waals surface area (Å²) in [6.07, 6.45) is 4.59. The van der Waals surface area contributed by atoms with Crippen LogP contribution in [0.2, 0.25) is 0 Å². The molecule has 1 aromatic carbocycles. The highest BCUT2D eigenvalue weighted by Crippen LogP contribution is 2.30. The molecule has 0 atom stereocenters. The molecule has 0 saturated heterocycles. The Labute approximate surface area is 126 Å². The Balaban J connectivity index is 2.12. The van der Waals surface area contributed by atoms with Crippen LogP contribution < -0.4 is 5.32 Å². The highest BCUT2D eigenvalue weighted by molar-refractivity contribution is 5.62. The van der Waals surface area contributed by atoms with Crippen molar-refractivity contribution < 1.29 is 4.92 Å². The molecule has 1 saturated carbocycles. The Kier molecular flexibility index (Phi) is 5.56. The molecule has 1 N–H and O–H groups in total. The number of nitro groups is 1. The predicted molar refractivity (Wildman–Crippen MR) is 85.6 cm³/mol. The van der Waals surface area contributed by atoms with Crippen molar-refractivity contribution in [2.24, 2.45) is 0 Å². The number of hydrogen-bond acceptors (Lipinski definition) is 4. The van der Waals surface area contributed by atoms with E-state index < -0.39 is 0 Å². The highest BCUT2D eigenvalue weighted by atomic mass is 16.6. The summed E-state index contributed by atoms with van der Waals surface area (Å²) >= 11 is 0. The molecule has 0 unspecified atom stereocenters. The van der Waals surface area contributed by atoms with Crippen molar-refractivity contribution in [2.75, 3.05) is 18.4 Å². The van der Waals surface area contributed by atoms with Crippen LogP contribution in [0.4, 0.5) is 11.4 Å². The van der Waals surface area contributed by atoms with Crippen LogP contribution in [-0.2, 0) is 6.54 Å². The van der Waals surface area contributed by atoms with Crippen molar-refractivity contribution in [3.05, 3.63) is 33.9 Å². The van der Waals surface area contributed by atoms with Crippen molar-refractivity contribution in [1.29, 1.82) is 0 Å². The molecule has 2 rings (SSSR count). The molecule has 0 aromatic heterocycles. The fourth-order valence-corrected chi connectivity index (χ4v) is 2.59. The van der Waals surface area contributed by atoms with E-state index in [2.05, 4.69) is 17.1 Å². The smallest absolute Gasteiger partial charge is 0.292 e. The lowest BCUT2D eigenvalue weighted by Gasteiger charge is -2.21. The van der Waals surface area contributed by atoms with Gasteiger partial charge in [0.25, 0.3) is 5.69 Å². The molecule has 21 heavy (non-hydrogen) atoms. The third-order valence-electron chi connectivity index (χ3n) is 3.78. The van der Waals surface area contributed by atoms with E-state index in [9.17, 15) is 10.1 Å². The zero-order chi connectivity index (χ0) is 15.2. The molecule has 5 heteroatoms. The number of nitrogens with zero attached hydrogens (tertiary/aromatic N) is 2. The van der Waals surface area contributed by atoms with Crippen LogP contribution in [0, 0.1) is 10.1 Å². The first-order chi connectivity index (χ1) is 10.2. The lowest BCUT2D eigenvalue weighted by Crippen LogP contribution is -2.26. The summed E-state index contributed by atoms with van der Waals surface area (Å²) in [7, 11) is 0. The maximum atomic E-state index is 11.2. The first kappa shape index (κ1) is 15.8. The summed E-state index contributed by atoms with van der Waals surface area (Å²) < 4.78 is 0. The van der Waals surface area contributed by atoms with Crippen molar-refractivity contribution in [3.63, 3.8) is 0 Å². The molecule has 0 amide bonds. The number of rotatable bonds is 9. The van der Waals surface area contributed by atoms with Gasteiger partial charge >= 0.3 is 0 Å². The van der Waals surface area contributed by atoms with Gasteiger partial charge in [-0.1, -0.05) is 19.9 Å². The van der Waals surface area contributed by atoms with E-state index in [4.69, 9.17) is 0 Å². The third-order valence-corrected chi connectivity index (χ3v) is 3.78. The monoisotopic (exact) mass is 291 g/mol. The minimum Gasteiger partial charge on any atom is -0.380 e. The zero-order valence-electron chi connectivity index (χ0n) is 13.0. The second kappa shape index (κ2) is 7.41. The van der Waals surface area contributed by atoms with Gasteiger partial charge < -0.3 is 5.32 Å². The Morgan fingerprint density at radius 2 is 2.10 bits per heavy atom. The normalized spacial score (nSPS) is 14.4. The maximum Gasteiger partial charge on any atom is 0.292 e. The van der Waals surface area contributed by atoms with E-state index in [1.54, 1.807) is 6.07 Å². The molecule has 0 spiro atoms. The van der Waals surface area contributed by atoms with Gasteiger partial charge in [0.05, 0.1) is 4.92 Å². The summed E-state index contributed by atoms with van der Waals surface area (Å²) in [6.45, 7) is 6.85. The summed E-state index contributed by atoms with van der Waals surface area (Å²) in [5, 5.41) is 14.4. The van der Waals surface area contributed by atoms with E-state index >= 15 is 0 Å². The van der Waals surface area contributed by atoms with Gasteiger partial charge in [0.15, 0.2) is 0 Å². The molecule has 116 valence electrons. The Bertz CT molecular complexity index is 486. The maximum absolute atomic E-state index is 11.2. The van der Waals surface area contributed by atoms with Gasteiger partial charge in [-0.05, 0) is 43.9 Å². The number of hydrogen-bond donors (Lipinski definition) is 1. The molecule has 1 aliphatic rings. The van der Waals surface area contributed by atoms with E-state index in [0.29, 0.717) is 11.7 Å². The molecule has 0 bridgehead atoms. The molecular formula is C16H25N3O2. The minimum atomic E-state index is -0.289. The largest absolute Gasteiger partial charge is 0.380 e. The first-order valence-electron chi connectivity index (χ1n) is 7.91. The average molecular weight is 291 g/mol. The summed E-state index contributed by atoms with van der Waals surface area (Å²) in [6, 6.07) is 6.26. The Morgan fingerprint density at radius 3 is 2.67 bits per heavy atom. The van der Waals surface area contributed by atoms with E-state index in [1.165, 1.54) is 12.8 Å². The van der Waals surface area contributed by atoms with Crippen LogP contribution in [-0.4, -0.2) is 29.0 Å². The number of benzene rings is 1. The van der Waals surface area contributed by atoms with Crippen molar-refractivity contribution in [3.8, 4) is 0 Å². The van der Waals surface area contributed by atoms with Crippen LogP contribution in [0.25, 0.3) is 0 Å². The zero-order valence-corrected chi connectivity index (χ0v) is 13.0. The van der Waals surface area contributed by atoms with Gasteiger partial charge in [-0.3, -0.25) is 15.0 Å². The predicted octanol–water partition coefficient (Wildman–Crippen LogP) is 3.79. The number of anilines is 1. The van der Waals surface area contributed by atoms with Crippen molar-refractivity contribution >= 4 is 11.4 Å². The van der Waals surface area contributed by atoms with Crippen LogP contribution in [0.1, 0.15) is 45.1 Å². The number of nitro benzene ring substituents is 1. The van der Waals surface area contributed by atoms with Gasteiger partial charge in [-0.2, -0.15) is 0 Å². The van der Waals surface area contributed by atoms with Gasteiger partial charge in [0, 0.05) is 25.2 Å². The second-order valence-corrected chi connectivity index (χ2v) is 5.74. The van der Waals surface area contributed by atoms with Gasteiger partial charge in [-0.25, -0.2) is 0 Å². The van der Waals surface area contributed by atoms with Crippen molar-refractivity contribution in [1.82, 2.24) is 4.90 Å². The first-order valence-corrected chi connectivity index (χ1v) is 7.91. The van der Waals surface area contributed by atoms with Crippen molar-refractivity contribution in [2.45, 2.75) is 52.1 Å². The molecule has 1 aliphatic carbocycles. The topological polar surface area (TPSA) is 58.4 Å². The quantitative estimate of drug-likeness (QED) is 0.555. The standard InChI is InChI=1S/C16H25N3O2/c1-3-9-17-15-8-5-13(11-16(15)19(20)21)12-18(10-4-2)14-6-7-14/h5,8,11,14,17H,3-4,6-7,9-10,12H2,1-2H3. The summed E-state index contributed by atoms with van der Waals surface area (Å²) in [5.74, 6) is 0. The molecule has 1 aromatic rings.